The Morgan fingerprint density at radius 3 is 2.27 bits per heavy atom. The van der Waals surface area contributed by atoms with Gasteiger partial charge in [-0.05, 0) is 34.1 Å². The highest BCUT2D eigenvalue weighted by molar-refractivity contribution is 6.32. The van der Waals surface area contributed by atoms with Gasteiger partial charge in [-0.25, -0.2) is 0 Å². The van der Waals surface area contributed by atoms with Crippen molar-refractivity contribution in [2.45, 2.75) is 57.2 Å². The van der Waals surface area contributed by atoms with E-state index >= 15 is 0 Å². The molecule has 1 aliphatic rings. The number of β-lactam (4-membered cyclic amide) rings is 1. The van der Waals surface area contributed by atoms with Crippen molar-refractivity contribution in [3.63, 3.8) is 0 Å². The Bertz CT molecular complexity index is 303. The fourth-order valence-corrected chi connectivity index (χ4v) is 3.28. The minimum absolute atomic E-state index is 0.0314. The maximum atomic E-state index is 12.1. The molecule has 0 aliphatic carbocycles. The summed E-state index contributed by atoms with van der Waals surface area (Å²) in [5, 5.41) is -0.130. The van der Waals surface area contributed by atoms with E-state index < -0.39 is 0 Å². The molecule has 0 saturated carbocycles. The Labute approximate surface area is 96.2 Å². The van der Waals surface area contributed by atoms with Gasteiger partial charge < -0.3 is 4.90 Å². The van der Waals surface area contributed by atoms with Crippen LogP contribution in [0, 0.1) is 0 Å². The van der Waals surface area contributed by atoms with Gasteiger partial charge in [-0.15, -0.1) is 6.58 Å². The van der Waals surface area contributed by atoms with Crippen LogP contribution in [0.25, 0.3) is 0 Å². The van der Waals surface area contributed by atoms with E-state index in [0.717, 1.165) is 16.7 Å². The molecule has 0 bridgehead atoms. The van der Waals surface area contributed by atoms with E-state index in [-0.39, 0.29) is 16.1 Å². The molecule has 0 aromatic rings. The summed E-state index contributed by atoms with van der Waals surface area (Å²) in [6.45, 7) is 14.4. The van der Waals surface area contributed by atoms with Gasteiger partial charge in [0.25, 0.3) is 0 Å². The molecule has 1 aliphatic heterocycles. The number of hydrogen-bond acceptors (Lipinski definition) is 1. The van der Waals surface area contributed by atoms with Crippen molar-refractivity contribution >= 4 is 16.1 Å². The van der Waals surface area contributed by atoms with Gasteiger partial charge in [0.05, 0.1) is 10.6 Å². The van der Waals surface area contributed by atoms with E-state index in [1.807, 2.05) is 11.0 Å². The molecule has 1 saturated heterocycles. The third kappa shape index (κ3) is 1.48. The van der Waals surface area contributed by atoms with Crippen molar-refractivity contribution in [1.29, 1.82) is 0 Å². The van der Waals surface area contributed by atoms with Crippen molar-refractivity contribution in [3.8, 4) is 0 Å². The third-order valence-electron chi connectivity index (χ3n) is 3.79. The van der Waals surface area contributed by atoms with Crippen molar-refractivity contribution in [2.75, 3.05) is 0 Å². The monoisotopic (exact) mass is 225 g/mol. The number of carbonyl (C=O) groups is 1. The number of nitrogens with zero attached hydrogens (tertiary/aromatic N) is 1. The van der Waals surface area contributed by atoms with Gasteiger partial charge >= 0.3 is 0 Å². The van der Waals surface area contributed by atoms with Crippen LogP contribution in [0.2, 0.25) is 5.04 Å². The standard InChI is InChI=1S/C12H23NOSi/c1-7-8-11(5)12(6,15)9(14)13(11)10(2,3)4/h7H,1,8H2,2-6,15H3. The van der Waals surface area contributed by atoms with Crippen LogP contribution >= 0.6 is 0 Å². The zero-order valence-corrected chi connectivity index (χ0v) is 12.8. The number of likely N-dealkylation sites (tertiary alicyclic amines) is 1. The lowest BCUT2D eigenvalue weighted by Gasteiger charge is -2.66. The van der Waals surface area contributed by atoms with Crippen LogP contribution in [0.15, 0.2) is 12.7 Å². The Kier molecular flexibility index (Phi) is 2.67. The summed E-state index contributed by atoms with van der Waals surface area (Å²) in [6, 6.07) is 0. The topological polar surface area (TPSA) is 20.3 Å². The highest BCUT2D eigenvalue weighted by atomic mass is 28.1. The maximum Gasteiger partial charge on any atom is 0.227 e. The van der Waals surface area contributed by atoms with Crippen LogP contribution in [0.3, 0.4) is 0 Å². The molecule has 0 radical (unpaired) electrons. The second-order valence-electron chi connectivity index (χ2n) is 6.20. The minimum Gasteiger partial charge on any atom is -0.331 e. The molecule has 2 unspecified atom stereocenters. The quantitative estimate of drug-likeness (QED) is 0.396. The van der Waals surface area contributed by atoms with Crippen molar-refractivity contribution < 1.29 is 4.79 Å². The van der Waals surface area contributed by atoms with E-state index in [1.165, 1.54) is 0 Å². The summed E-state index contributed by atoms with van der Waals surface area (Å²) in [5.74, 6) is 0.311. The predicted molar refractivity (Wildman–Crippen MR) is 68.1 cm³/mol. The van der Waals surface area contributed by atoms with Gasteiger partial charge in [0, 0.05) is 15.8 Å². The molecule has 2 atom stereocenters. The summed E-state index contributed by atoms with van der Waals surface area (Å²) in [4.78, 5) is 14.2. The summed E-state index contributed by atoms with van der Waals surface area (Å²) < 4.78 is 0. The van der Waals surface area contributed by atoms with Crippen molar-refractivity contribution in [2.24, 2.45) is 0 Å². The lowest BCUT2D eigenvalue weighted by Crippen LogP contribution is -2.76. The lowest BCUT2D eigenvalue weighted by atomic mass is 9.69. The van der Waals surface area contributed by atoms with Crippen LogP contribution in [-0.4, -0.2) is 32.1 Å². The van der Waals surface area contributed by atoms with Crippen LogP contribution in [-0.2, 0) is 4.79 Å². The average Bonchev–Trinajstić information content (AvgIpc) is 2.01. The molecule has 2 nitrogen and oxygen atoms in total. The second-order valence-corrected chi connectivity index (χ2v) is 8.20. The highest BCUT2D eigenvalue weighted by Crippen LogP contribution is 2.56. The Morgan fingerprint density at radius 2 is 1.93 bits per heavy atom. The highest BCUT2D eigenvalue weighted by Gasteiger charge is 2.64. The number of amides is 1. The van der Waals surface area contributed by atoms with Crippen LogP contribution in [0.1, 0.15) is 41.0 Å². The SMILES string of the molecule is C=CCC1(C)N(C(C)(C)C)C(=O)C1(C)[SiH3]. The number of rotatable bonds is 2. The van der Waals surface area contributed by atoms with Gasteiger partial charge in [-0.3, -0.25) is 4.79 Å². The fraction of sp³-hybridized carbons (Fsp3) is 0.750. The molecule has 3 heteroatoms. The predicted octanol–water partition coefficient (Wildman–Crippen LogP) is 1.51. The summed E-state index contributed by atoms with van der Waals surface area (Å²) >= 11 is 0. The smallest absolute Gasteiger partial charge is 0.227 e. The van der Waals surface area contributed by atoms with Crippen LogP contribution in [0.5, 0.6) is 0 Å². The second kappa shape index (κ2) is 3.21. The first-order chi connectivity index (χ1) is 6.59. The minimum atomic E-state index is -0.130. The van der Waals surface area contributed by atoms with E-state index in [2.05, 4.69) is 41.2 Å². The Hall–Kier alpha value is -0.573. The first kappa shape index (κ1) is 12.5. The molecule has 1 fully saturated rings. The maximum absolute atomic E-state index is 12.1. The molecular weight excluding hydrogens is 202 g/mol. The van der Waals surface area contributed by atoms with Gasteiger partial charge in [-0.2, -0.15) is 0 Å². The van der Waals surface area contributed by atoms with E-state index in [4.69, 9.17) is 0 Å². The fourth-order valence-electron chi connectivity index (χ4n) is 2.63. The zero-order chi connectivity index (χ0) is 12.1. The van der Waals surface area contributed by atoms with E-state index in [9.17, 15) is 4.79 Å². The molecule has 1 heterocycles. The van der Waals surface area contributed by atoms with Crippen molar-refractivity contribution in [1.82, 2.24) is 4.90 Å². The zero-order valence-electron chi connectivity index (χ0n) is 10.8. The first-order valence-corrected chi connectivity index (χ1v) is 6.54. The molecule has 1 amide bonds. The summed E-state index contributed by atoms with van der Waals surface area (Å²) in [6.07, 6.45) is 2.82. The molecule has 15 heavy (non-hydrogen) atoms. The Balaban J connectivity index is 3.11. The molecule has 86 valence electrons. The van der Waals surface area contributed by atoms with Crippen LogP contribution < -0.4 is 0 Å². The molecule has 0 spiro atoms. The first-order valence-electron chi connectivity index (χ1n) is 5.54. The number of hydrogen-bond donors (Lipinski definition) is 0. The number of carbonyl (C=O) groups excluding carboxylic acids is 1. The lowest BCUT2D eigenvalue weighted by molar-refractivity contribution is -0.176. The van der Waals surface area contributed by atoms with E-state index in [1.54, 1.807) is 0 Å². The van der Waals surface area contributed by atoms with E-state index in [0.29, 0.717) is 5.91 Å². The summed E-state index contributed by atoms with van der Waals surface area (Å²) in [5.41, 5.74) is -0.116. The molecule has 1 rings (SSSR count). The van der Waals surface area contributed by atoms with Gasteiger partial charge in [0.15, 0.2) is 0 Å². The van der Waals surface area contributed by atoms with Gasteiger partial charge in [0.2, 0.25) is 5.91 Å². The average molecular weight is 225 g/mol. The van der Waals surface area contributed by atoms with Gasteiger partial charge in [0.1, 0.15) is 0 Å². The molecular formula is C12H23NOSi. The molecule has 0 N–H and O–H groups in total. The largest absolute Gasteiger partial charge is 0.331 e. The Morgan fingerprint density at radius 1 is 1.47 bits per heavy atom. The summed E-state index contributed by atoms with van der Waals surface area (Å²) in [7, 11) is 0.904. The third-order valence-corrected chi connectivity index (χ3v) is 5.30. The molecule has 0 aromatic carbocycles. The van der Waals surface area contributed by atoms with Crippen molar-refractivity contribution in [3.05, 3.63) is 12.7 Å². The van der Waals surface area contributed by atoms with Crippen LogP contribution in [0.4, 0.5) is 0 Å². The molecule has 0 aromatic heterocycles. The normalized spacial score (nSPS) is 36.6. The van der Waals surface area contributed by atoms with Gasteiger partial charge in [-0.1, -0.05) is 13.0 Å².